The number of hydrogen-bond donors (Lipinski definition) is 1. The van der Waals surface area contributed by atoms with E-state index in [9.17, 15) is 22.9 Å². The molecule has 0 spiro atoms. The third kappa shape index (κ3) is 3.72. The summed E-state index contributed by atoms with van der Waals surface area (Å²) in [5.74, 6) is -1.23. The zero-order valence-electron chi connectivity index (χ0n) is 10.5. The predicted molar refractivity (Wildman–Crippen MR) is 67.7 cm³/mol. The van der Waals surface area contributed by atoms with Crippen LogP contribution in [0.1, 0.15) is 19.8 Å². The Bertz CT molecular complexity index is 654. The fourth-order valence-corrected chi connectivity index (χ4v) is 2.80. The van der Waals surface area contributed by atoms with E-state index in [1.807, 2.05) is 6.07 Å². The van der Waals surface area contributed by atoms with Gasteiger partial charge in [-0.1, -0.05) is 6.92 Å². The van der Waals surface area contributed by atoms with E-state index in [2.05, 4.69) is 4.72 Å². The third-order valence-corrected chi connectivity index (χ3v) is 4.10. The average molecular weight is 301 g/mol. The largest absolute Gasteiger partial charge is 0.304 e. The summed E-state index contributed by atoms with van der Waals surface area (Å²) in [6, 6.07) is 3.56. The molecule has 0 heterocycles. The SMILES string of the molecule is CCC(CC#N)NS(=O)(=O)c1ccc([N+](=O)[O-])c(F)c1. The van der Waals surface area contributed by atoms with E-state index in [4.69, 9.17) is 5.26 Å². The number of sulfonamides is 1. The first-order valence-electron chi connectivity index (χ1n) is 5.65. The smallest absolute Gasteiger partial charge is 0.258 e. The van der Waals surface area contributed by atoms with Crippen molar-refractivity contribution in [2.75, 3.05) is 0 Å². The monoisotopic (exact) mass is 301 g/mol. The van der Waals surface area contributed by atoms with Gasteiger partial charge < -0.3 is 0 Å². The Labute approximate surface area is 115 Å². The summed E-state index contributed by atoms with van der Waals surface area (Å²) in [6.07, 6.45) is 0.368. The van der Waals surface area contributed by atoms with Crippen molar-refractivity contribution in [3.63, 3.8) is 0 Å². The van der Waals surface area contributed by atoms with Crippen LogP contribution in [0.3, 0.4) is 0 Å². The van der Waals surface area contributed by atoms with Gasteiger partial charge >= 0.3 is 5.69 Å². The maximum Gasteiger partial charge on any atom is 0.304 e. The highest BCUT2D eigenvalue weighted by Crippen LogP contribution is 2.21. The van der Waals surface area contributed by atoms with E-state index in [1.165, 1.54) is 0 Å². The Morgan fingerprint density at radius 2 is 2.20 bits per heavy atom. The van der Waals surface area contributed by atoms with Gasteiger partial charge in [-0.25, -0.2) is 13.1 Å². The second kappa shape index (κ2) is 6.40. The molecule has 1 aromatic rings. The molecule has 1 N–H and O–H groups in total. The minimum Gasteiger partial charge on any atom is -0.258 e. The van der Waals surface area contributed by atoms with Gasteiger partial charge in [0.05, 0.1) is 22.3 Å². The summed E-state index contributed by atoms with van der Waals surface area (Å²) < 4.78 is 39.6. The van der Waals surface area contributed by atoms with Gasteiger partial charge in [-0.15, -0.1) is 0 Å². The second-order valence-corrected chi connectivity index (χ2v) is 5.67. The summed E-state index contributed by atoms with van der Waals surface area (Å²) in [4.78, 5) is 9.10. The number of rotatable bonds is 6. The summed E-state index contributed by atoms with van der Waals surface area (Å²) >= 11 is 0. The number of nitro benzene ring substituents is 1. The molecule has 1 atom stereocenters. The number of nitro groups is 1. The fourth-order valence-electron chi connectivity index (χ4n) is 1.47. The quantitative estimate of drug-likeness (QED) is 0.634. The summed E-state index contributed by atoms with van der Waals surface area (Å²) in [7, 11) is -4.02. The molecule has 0 saturated heterocycles. The Morgan fingerprint density at radius 3 is 2.65 bits per heavy atom. The number of nitriles is 1. The van der Waals surface area contributed by atoms with E-state index < -0.39 is 37.4 Å². The van der Waals surface area contributed by atoms with E-state index >= 15 is 0 Å². The van der Waals surface area contributed by atoms with Crippen LogP contribution < -0.4 is 4.72 Å². The van der Waals surface area contributed by atoms with Crippen LogP contribution in [-0.2, 0) is 10.0 Å². The van der Waals surface area contributed by atoms with Crippen molar-refractivity contribution >= 4 is 15.7 Å². The van der Waals surface area contributed by atoms with Crippen LogP contribution in [-0.4, -0.2) is 19.4 Å². The van der Waals surface area contributed by atoms with Gasteiger partial charge in [-0.3, -0.25) is 10.1 Å². The van der Waals surface area contributed by atoms with Crippen molar-refractivity contribution < 1.29 is 17.7 Å². The second-order valence-electron chi connectivity index (χ2n) is 3.96. The van der Waals surface area contributed by atoms with E-state index in [1.54, 1.807) is 6.92 Å². The highest BCUT2D eigenvalue weighted by Gasteiger charge is 2.22. The molecule has 0 aliphatic rings. The maximum absolute atomic E-state index is 13.4. The number of hydrogen-bond acceptors (Lipinski definition) is 5. The van der Waals surface area contributed by atoms with E-state index in [-0.39, 0.29) is 6.42 Å². The van der Waals surface area contributed by atoms with Crippen molar-refractivity contribution in [1.29, 1.82) is 5.26 Å². The Kier molecular flexibility index (Phi) is 5.12. The van der Waals surface area contributed by atoms with Crippen LogP contribution in [0.2, 0.25) is 0 Å². The molecule has 1 aromatic carbocycles. The molecule has 0 aliphatic carbocycles. The Hall–Kier alpha value is -2.05. The molecule has 0 radical (unpaired) electrons. The zero-order valence-corrected chi connectivity index (χ0v) is 11.4. The lowest BCUT2D eigenvalue weighted by molar-refractivity contribution is -0.387. The minimum absolute atomic E-state index is 0.0226. The molecule has 0 amide bonds. The summed E-state index contributed by atoms with van der Waals surface area (Å²) in [5.41, 5.74) is -0.798. The zero-order chi connectivity index (χ0) is 15.3. The molecule has 0 aliphatic heterocycles. The van der Waals surface area contributed by atoms with Crippen LogP contribution in [0.25, 0.3) is 0 Å². The molecule has 7 nitrogen and oxygen atoms in total. The van der Waals surface area contributed by atoms with Gasteiger partial charge in [0.1, 0.15) is 0 Å². The molecule has 1 rings (SSSR count). The number of nitrogens with one attached hydrogen (secondary N) is 1. The van der Waals surface area contributed by atoms with Crippen LogP contribution in [0.15, 0.2) is 23.1 Å². The van der Waals surface area contributed by atoms with Gasteiger partial charge in [0, 0.05) is 18.2 Å². The molecule has 0 bridgehead atoms. The molecular weight excluding hydrogens is 289 g/mol. The highest BCUT2D eigenvalue weighted by atomic mass is 32.2. The molecule has 1 unspecified atom stereocenters. The fraction of sp³-hybridized carbons (Fsp3) is 0.364. The maximum atomic E-state index is 13.4. The predicted octanol–water partition coefficient (Wildman–Crippen LogP) is 1.70. The third-order valence-electron chi connectivity index (χ3n) is 2.58. The lowest BCUT2D eigenvalue weighted by Gasteiger charge is -2.13. The number of benzene rings is 1. The number of halogens is 1. The van der Waals surface area contributed by atoms with Crippen molar-refractivity contribution in [3.05, 3.63) is 34.1 Å². The molecule has 0 fully saturated rings. The first kappa shape index (κ1) is 16.0. The van der Waals surface area contributed by atoms with Crippen LogP contribution >= 0.6 is 0 Å². The molecule has 108 valence electrons. The standard InChI is InChI=1S/C11H12FN3O4S/c1-2-8(5-6-13)14-20(18,19)9-3-4-11(15(16)17)10(12)7-9/h3-4,7-8,14H,2,5H2,1H3. The molecular formula is C11H12FN3O4S. The van der Waals surface area contributed by atoms with Crippen molar-refractivity contribution in [2.45, 2.75) is 30.7 Å². The van der Waals surface area contributed by atoms with E-state index in [0.717, 1.165) is 12.1 Å². The van der Waals surface area contributed by atoms with Gasteiger partial charge in [0.2, 0.25) is 15.8 Å². The Morgan fingerprint density at radius 1 is 1.55 bits per heavy atom. The first-order valence-corrected chi connectivity index (χ1v) is 7.13. The van der Waals surface area contributed by atoms with Crippen molar-refractivity contribution in [1.82, 2.24) is 4.72 Å². The van der Waals surface area contributed by atoms with Gasteiger partial charge in [-0.2, -0.15) is 9.65 Å². The first-order chi connectivity index (χ1) is 9.31. The Balaban J connectivity index is 3.08. The molecule has 9 heteroatoms. The van der Waals surface area contributed by atoms with Gasteiger partial charge in [-0.05, 0) is 12.5 Å². The molecule has 0 aromatic heterocycles. The normalized spacial score (nSPS) is 12.7. The lowest BCUT2D eigenvalue weighted by Crippen LogP contribution is -2.34. The minimum atomic E-state index is -4.02. The summed E-state index contributed by atoms with van der Waals surface area (Å²) in [5, 5.41) is 19.0. The van der Waals surface area contributed by atoms with Gasteiger partial charge in [0.15, 0.2) is 0 Å². The lowest BCUT2D eigenvalue weighted by atomic mass is 10.2. The van der Waals surface area contributed by atoms with Crippen molar-refractivity contribution in [2.24, 2.45) is 0 Å². The van der Waals surface area contributed by atoms with Gasteiger partial charge in [0.25, 0.3) is 0 Å². The number of nitrogens with zero attached hydrogens (tertiary/aromatic N) is 2. The van der Waals surface area contributed by atoms with Crippen LogP contribution in [0.4, 0.5) is 10.1 Å². The van der Waals surface area contributed by atoms with E-state index in [0.29, 0.717) is 12.5 Å². The molecule has 20 heavy (non-hydrogen) atoms. The summed E-state index contributed by atoms with van der Waals surface area (Å²) in [6.45, 7) is 1.70. The average Bonchev–Trinajstić information content (AvgIpc) is 2.37. The van der Waals surface area contributed by atoms with Crippen LogP contribution in [0.5, 0.6) is 0 Å². The van der Waals surface area contributed by atoms with Crippen molar-refractivity contribution in [3.8, 4) is 6.07 Å². The molecule has 0 saturated carbocycles. The topological polar surface area (TPSA) is 113 Å². The van der Waals surface area contributed by atoms with Crippen LogP contribution in [0, 0.1) is 27.3 Å². The highest BCUT2D eigenvalue weighted by molar-refractivity contribution is 7.89.